The van der Waals surface area contributed by atoms with Crippen molar-refractivity contribution in [2.75, 3.05) is 5.32 Å². The summed E-state index contributed by atoms with van der Waals surface area (Å²) < 4.78 is 21.9. The summed E-state index contributed by atoms with van der Waals surface area (Å²) in [6, 6.07) is 4.29. The number of non-ortho nitro benzene ring substituents is 1. The van der Waals surface area contributed by atoms with Crippen molar-refractivity contribution in [1.29, 1.82) is 0 Å². The number of anilines is 1. The second-order valence-electron chi connectivity index (χ2n) is 4.41. The van der Waals surface area contributed by atoms with Crippen molar-refractivity contribution in [3.63, 3.8) is 0 Å². The quantitative estimate of drug-likeness (QED) is 0.440. The van der Waals surface area contributed by atoms with E-state index >= 15 is 0 Å². The molecule has 0 aliphatic heterocycles. The third-order valence-corrected chi connectivity index (χ3v) is 4.97. The van der Waals surface area contributed by atoms with Crippen molar-refractivity contribution in [2.45, 2.75) is 10.9 Å². The highest BCUT2D eigenvalue weighted by Gasteiger charge is 2.15. The number of nitro groups is 1. The number of rotatable bonds is 5. The molecule has 3 rings (SSSR count). The number of aromatic amines is 1. The SMILES string of the molecule is NS(=O)(=O)c1nnc(NCc2nc3ccc([N+](=O)[O-])cc3[nH]2)s1. The Balaban J connectivity index is 1.77. The largest absolute Gasteiger partial charge is 0.353 e. The number of aromatic nitrogens is 4. The maximum Gasteiger partial charge on any atom is 0.271 e. The van der Waals surface area contributed by atoms with Crippen molar-refractivity contribution >= 4 is 43.2 Å². The van der Waals surface area contributed by atoms with Gasteiger partial charge in [-0.05, 0) is 6.07 Å². The molecule has 0 aliphatic carbocycles. The molecule has 2 heterocycles. The van der Waals surface area contributed by atoms with Gasteiger partial charge in [0.15, 0.2) is 0 Å². The van der Waals surface area contributed by atoms with Crippen LogP contribution in [0, 0.1) is 10.1 Å². The molecule has 3 aromatic rings. The summed E-state index contributed by atoms with van der Waals surface area (Å²) in [6.45, 7) is 0.210. The van der Waals surface area contributed by atoms with E-state index in [4.69, 9.17) is 5.14 Å². The van der Waals surface area contributed by atoms with E-state index in [0.29, 0.717) is 16.9 Å². The molecule has 0 unspecified atom stereocenters. The summed E-state index contributed by atoms with van der Waals surface area (Å²) in [5.74, 6) is 0.507. The van der Waals surface area contributed by atoms with Gasteiger partial charge in [-0.25, -0.2) is 18.5 Å². The predicted molar refractivity (Wildman–Crippen MR) is 81.4 cm³/mol. The van der Waals surface area contributed by atoms with Crippen LogP contribution in [0.25, 0.3) is 11.0 Å². The van der Waals surface area contributed by atoms with Gasteiger partial charge in [-0.2, -0.15) is 0 Å². The Hall–Kier alpha value is -2.64. The number of nitrogens with zero attached hydrogens (tertiary/aromatic N) is 4. The van der Waals surface area contributed by atoms with E-state index < -0.39 is 14.9 Å². The first-order valence-electron chi connectivity index (χ1n) is 6.06. The minimum Gasteiger partial charge on any atom is -0.353 e. The molecule has 0 saturated carbocycles. The summed E-state index contributed by atoms with van der Waals surface area (Å²) in [6.07, 6.45) is 0. The monoisotopic (exact) mass is 355 g/mol. The summed E-state index contributed by atoms with van der Waals surface area (Å²) >= 11 is 0.795. The molecule has 0 amide bonds. The fourth-order valence-electron chi connectivity index (χ4n) is 1.80. The highest BCUT2D eigenvalue weighted by molar-refractivity contribution is 7.91. The van der Waals surface area contributed by atoms with Crippen LogP contribution < -0.4 is 10.5 Å². The lowest BCUT2D eigenvalue weighted by molar-refractivity contribution is -0.384. The molecule has 120 valence electrons. The molecule has 13 heteroatoms. The fourth-order valence-corrected chi connectivity index (χ4v) is 3.13. The maximum atomic E-state index is 11.1. The van der Waals surface area contributed by atoms with Crippen LogP contribution in [0.15, 0.2) is 22.5 Å². The number of primary sulfonamides is 1. The van der Waals surface area contributed by atoms with Gasteiger partial charge in [0.05, 0.1) is 22.5 Å². The van der Waals surface area contributed by atoms with Gasteiger partial charge in [0.2, 0.25) is 9.47 Å². The highest BCUT2D eigenvalue weighted by atomic mass is 32.2. The number of fused-ring (bicyclic) bond motifs is 1. The zero-order valence-electron chi connectivity index (χ0n) is 11.3. The molecule has 0 aliphatic rings. The van der Waals surface area contributed by atoms with E-state index in [9.17, 15) is 18.5 Å². The molecule has 4 N–H and O–H groups in total. The standard InChI is InChI=1S/C10H9N7O4S2/c11-23(20,21)10-16-15-9(22-10)12-4-8-13-6-2-1-5(17(18)19)3-7(6)14-8/h1-3H,4H2,(H,12,15)(H,13,14)(H2,11,20,21). The van der Waals surface area contributed by atoms with Crippen LogP contribution in [0.5, 0.6) is 0 Å². The van der Waals surface area contributed by atoms with Gasteiger partial charge in [-0.3, -0.25) is 10.1 Å². The normalized spacial score (nSPS) is 11.7. The first-order chi connectivity index (χ1) is 10.8. The van der Waals surface area contributed by atoms with Gasteiger partial charge in [0.25, 0.3) is 15.7 Å². The number of nitro benzene ring substituents is 1. The lowest BCUT2D eigenvalue weighted by Gasteiger charge is -1.96. The molecule has 0 spiro atoms. The molecule has 23 heavy (non-hydrogen) atoms. The third kappa shape index (κ3) is 3.25. The van der Waals surface area contributed by atoms with Crippen LogP contribution in [0.1, 0.15) is 5.82 Å². The molecular formula is C10H9N7O4S2. The summed E-state index contributed by atoms with van der Waals surface area (Å²) in [4.78, 5) is 17.4. The maximum absolute atomic E-state index is 11.1. The summed E-state index contributed by atoms with van der Waals surface area (Å²) in [7, 11) is -3.88. The molecule has 2 aromatic heterocycles. The van der Waals surface area contributed by atoms with Crippen molar-refractivity contribution in [3.8, 4) is 0 Å². The Kier molecular flexibility index (Phi) is 3.67. The van der Waals surface area contributed by atoms with Gasteiger partial charge < -0.3 is 10.3 Å². The van der Waals surface area contributed by atoms with Crippen molar-refractivity contribution in [1.82, 2.24) is 20.2 Å². The number of benzene rings is 1. The average molecular weight is 355 g/mol. The summed E-state index contributed by atoms with van der Waals surface area (Å²) in [5, 5.41) is 25.9. The number of nitrogens with two attached hydrogens (primary N) is 1. The van der Waals surface area contributed by atoms with E-state index in [0.717, 1.165) is 11.3 Å². The van der Waals surface area contributed by atoms with E-state index in [-0.39, 0.29) is 21.7 Å². The predicted octanol–water partition coefficient (Wildman–Crippen LogP) is 0.582. The summed E-state index contributed by atoms with van der Waals surface area (Å²) in [5.41, 5.74) is 1.07. The van der Waals surface area contributed by atoms with Gasteiger partial charge in [-0.1, -0.05) is 11.3 Å². The zero-order valence-corrected chi connectivity index (χ0v) is 12.9. The molecule has 0 saturated heterocycles. The molecule has 11 nitrogen and oxygen atoms in total. The van der Waals surface area contributed by atoms with Gasteiger partial charge in [-0.15, -0.1) is 10.2 Å². The molecule has 0 atom stereocenters. The number of hydrogen-bond acceptors (Lipinski definition) is 9. The number of H-pyrrole nitrogens is 1. The van der Waals surface area contributed by atoms with Crippen LogP contribution in [0.4, 0.5) is 10.8 Å². The molecule has 1 aromatic carbocycles. The fraction of sp³-hybridized carbons (Fsp3) is 0.100. The first-order valence-corrected chi connectivity index (χ1v) is 8.42. The molecular weight excluding hydrogens is 346 g/mol. The van der Waals surface area contributed by atoms with Crippen LogP contribution >= 0.6 is 11.3 Å². The van der Waals surface area contributed by atoms with Crippen molar-refractivity contribution in [2.24, 2.45) is 5.14 Å². The topological polar surface area (TPSA) is 170 Å². The van der Waals surface area contributed by atoms with E-state index in [1.54, 1.807) is 0 Å². The van der Waals surface area contributed by atoms with Gasteiger partial charge in [0.1, 0.15) is 5.82 Å². The number of nitrogens with one attached hydrogen (secondary N) is 2. The zero-order chi connectivity index (χ0) is 16.6. The Labute approximate surface area is 132 Å². The van der Waals surface area contributed by atoms with E-state index in [2.05, 4.69) is 25.5 Å². The van der Waals surface area contributed by atoms with Crippen molar-refractivity contribution < 1.29 is 13.3 Å². The number of hydrogen-bond donors (Lipinski definition) is 3. The Bertz CT molecular complexity index is 994. The smallest absolute Gasteiger partial charge is 0.271 e. The van der Waals surface area contributed by atoms with Gasteiger partial charge >= 0.3 is 0 Å². The Morgan fingerprint density at radius 2 is 2.17 bits per heavy atom. The lowest BCUT2D eigenvalue weighted by atomic mass is 10.3. The highest BCUT2D eigenvalue weighted by Crippen LogP contribution is 2.21. The molecule has 0 radical (unpaired) electrons. The molecule has 0 fully saturated rings. The van der Waals surface area contributed by atoms with Crippen LogP contribution in [-0.4, -0.2) is 33.5 Å². The third-order valence-electron chi connectivity index (χ3n) is 2.78. The minimum atomic E-state index is -3.88. The number of imidazole rings is 1. The number of sulfonamides is 1. The van der Waals surface area contributed by atoms with Crippen LogP contribution in [-0.2, 0) is 16.6 Å². The molecule has 0 bridgehead atoms. The lowest BCUT2D eigenvalue weighted by Crippen LogP contribution is -2.11. The second kappa shape index (κ2) is 5.53. The Morgan fingerprint density at radius 3 is 2.83 bits per heavy atom. The van der Waals surface area contributed by atoms with E-state index in [1.165, 1.54) is 18.2 Å². The second-order valence-corrected chi connectivity index (χ2v) is 7.13. The van der Waals surface area contributed by atoms with Crippen LogP contribution in [0.3, 0.4) is 0 Å². The average Bonchev–Trinajstić information content (AvgIpc) is 3.10. The first kappa shape index (κ1) is 15.3. The Morgan fingerprint density at radius 1 is 1.39 bits per heavy atom. The van der Waals surface area contributed by atoms with Gasteiger partial charge in [0, 0.05) is 12.1 Å². The minimum absolute atomic E-state index is 0.0393. The van der Waals surface area contributed by atoms with Crippen molar-refractivity contribution in [3.05, 3.63) is 34.1 Å². The van der Waals surface area contributed by atoms with Crippen LogP contribution in [0.2, 0.25) is 0 Å². The van der Waals surface area contributed by atoms with E-state index in [1.807, 2.05) is 0 Å².